The van der Waals surface area contributed by atoms with Gasteiger partial charge in [0.1, 0.15) is 0 Å². The minimum Gasteiger partial charge on any atom is -0.398 e. The Hall–Kier alpha value is -1.41. The summed E-state index contributed by atoms with van der Waals surface area (Å²) >= 11 is 5.79. The summed E-state index contributed by atoms with van der Waals surface area (Å²) in [4.78, 5) is 3.05. The number of hydrogen-bond donors (Lipinski definition) is 2. The smallest absolute Gasteiger partial charge is 0.0586 e. The molecule has 1 heterocycles. The minimum atomic E-state index is 0.693. The predicted molar refractivity (Wildman–Crippen MR) is 55.7 cm³/mol. The molecule has 0 aliphatic carbocycles. The van der Waals surface area contributed by atoms with Gasteiger partial charge in [-0.1, -0.05) is 29.8 Å². The minimum absolute atomic E-state index is 0.693. The highest BCUT2D eigenvalue weighted by molar-refractivity contribution is 6.30. The Morgan fingerprint density at radius 3 is 2.62 bits per heavy atom. The molecule has 0 bridgehead atoms. The SMILES string of the molecule is Nc1ccccc1-c1cc(Cl)c[nH]1. The van der Waals surface area contributed by atoms with Crippen LogP contribution in [-0.2, 0) is 0 Å². The molecule has 0 unspecified atom stereocenters. The van der Waals surface area contributed by atoms with Crippen molar-refractivity contribution in [2.75, 3.05) is 5.73 Å². The maximum absolute atomic E-state index is 5.80. The molecule has 0 saturated carbocycles. The lowest BCUT2D eigenvalue weighted by atomic mass is 10.1. The van der Waals surface area contributed by atoms with Gasteiger partial charge >= 0.3 is 0 Å². The number of halogens is 1. The average Bonchev–Trinajstić information content (AvgIpc) is 2.53. The Balaban J connectivity index is 2.52. The lowest BCUT2D eigenvalue weighted by molar-refractivity contribution is 1.40. The zero-order chi connectivity index (χ0) is 9.26. The number of nitrogens with two attached hydrogens (primary N) is 1. The number of para-hydroxylation sites is 1. The summed E-state index contributed by atoms with van der Waals surface area (Å²) in [7, 11) is 0. The number of nitrogen functional groups attached to an aromatic ring is 1. The molecule has 13 heavy (non-hydrogen) atoms. The molecular formula is C10H9ClN2. The Kier molecular flexibility index (Phi) is 1.99. The summed E-state index contributed by atoms with van der Waals surface area (Å²) in [6.07, 6.45) is 1.74. The Bertz CT molecular complexity index is 420. The van der Waals surface area contributed by atoms with Crippen molar-refractivity contribution < 1.29 is 0 Å². The van der Waals surface area contributed by atoms with Gasteiger partial charge in [-0.2, -0.15) is 0 Å². The largest absolute Gasteiger partial charge is 0.398 e. The molecule has 2 nitrogen and oxygen atoms in total. The van der Waals surface area contributed by atoms with Crippen LogP contribution in [0.15, 0.2) is 36.5 Å². The normalized spacial score (nSPS) is 10.2. The van der Waals surface area contributed by atoms with Gasteiger partial charge in [0, 0.05) is 23.1 Å². The molecule has 3 heteroatoms. The van der Waals surface area contributed by atoms with E-state index >= 15 is 0 Å². The second-order valence-electron chi connectivity index (χ2n) is 2.82. The summed E-state index contributed by atoms with van der Waals surface area (Å²) in [6, 6.07) is 9.53. The van der Waals surface area contributed by atoms with Gasteiger partial charge in [-0.25, -0.2) is 0 Å². The monoisotopic (exact) mass is 192 g/mol. The molecule has 3 N–H and O–H groups in total. The van der Waals surface area contributed by atoms with E-state index in [0.29, 0.717) is 5.02 Å². The van der Waals surface area contributed by atoms with E-state index in [9.17, 15) is 0 Å². The van der Waals surface area contributed by atoms with Crippen molar-refractivity contribution in [1.82, 2.24) is 4.98 Å². The molecule has 0 spiro atoms. The molecule has 0 saturated heterocycles. The second-order valence-corrected chi connectivity index (χ2v) is 3.26. The highest BCUT2D eigenvalue weighted by Gasteiger charge is 2.02. The summed E-state index contributed by atoms with van der Waals surface area (Å²) in [5.41, 5.74) is 8.48. The molecule has 0 atom stereocenters. The fourth-order valence-electron chi connectivity index (χ4n) is 1.27. The van der Waals surface area contributed by atoms with E-state index in [0.717, 1.165) is 16.9 Å². The van der Waals surface area contributed by atoms with Crippen molar-refractivity contribution in [3.05, 3.63) is 41.6 Å². The molecule has 0 aliphatic rings. The summed E-state index contributed by atoms with van der Waals surface area (Å²) in [5, 5.41) is 0.693. The average molecular weight is 193 g/mol. The molecule has 0 aliphatic heterocycles. The Labute approximate surface area is 81.3 Å². The number of benzene rings is 1. The maximum Gasteiger partial charge on any atom is 0.0586 e. The van der Waals surface area contributed by atoms with Gasteiger partial charge in [0.2, 0.25) is 0 Å². The van der Waals surface area contributed by atoms with Crippen LogP contribution in [0.4, 0.5) is 5.69 Å². The van der Waals surface area contributed by atoms with Crippen molar-refractivity contribution in [2.45, 2.75) is 0 Å². The lowest BCUT2D eigenvalue weighted by Gasteiger charge is -2.01. The molecular weight excluding hydrogens is 184 g/mol. The maximum atomic E-state index is 5.80. The van der Waals surface area contributed by atoms with Crippen LogP contribution in [0.3, 0.4) is 0 Å². The molecule has 2 rings (SSSR count). The first-order valence-electron chi connectivity index (χ1n) is 3.96. The molecule has 0 amide bonds. The van der Waals surface area contributed by atoms with E-state index in [1.807, 2.05) is 30.3 Å². The first kappa shape index (κ1) is 8.20. The lowest BCUT2D eigenvalue weighted by Crippen LogP contribution is -1.88. The van der Waals surface area contributed by atoms with Crippen molar-refractivity contribution in [1.29, 1.82) is 0 Å². The highest BCUT2D eigenvalue weighted by Crippen LogP contribution is 2.26. The first-order chi connectivity index (χ1) is 6.27. The van der Waals surface area contributed by atoms with Crippen LogP contribution in [0.25, 0.3) is 11.3 Å². The van der Waals surface area contributed by atoms with Gasteiger partial charge in [0.05, 0.1) is 5.02 Å². The Morgan fingerprint density at radius 1 is 1.23 bits per heavy atom. The van der Waals surface area contributed by atoms with Gasteiger partial charge in [-0.05, 0) is 12.1 Å². The van der Waals surface area contributed by atoms with Crippen LogP contribution in [0.2, 0.25) is 5.02 Å². The van der Waals surface area contributed by atoms with Gasteiger partial charge in [-0.15, -0.1) is 0 Å². The Morgan fingerprint density at radius 2 is 2.00 bits per heavy atom. The van der Waals surface area contributed by atoms with Gasteiger partial charge in [0.25, 0.3) is 0 Å². The third kappa shape index (κ3) is 1.53. The number of aromatic nitrogens is 1. The number of aromatic amines is 1. The van der Waals surface area contributed by atoms with Crippen molar-refractivity contribution in [2.24, 2.45) is 0 Å². The summed E-state index contributed by atoms with van der Waals surface area (Å²) < 4.78 is 0. The summed E-state index contributed by atoms with van der Waals surface area (Å²) in [5.74, 6) is 0. The van der Waals surface area contributed by atoms with Gasteiger partial charge < -0.3 is 10.7 Å². The number of nitrogens with one attached hydrogen (secondary N) is 1. The predicted octanol–water partition coefficient (Wildman–Crippen LogP) is 2.92. The number of H-pyrrole nitrogens is 1. The number of anilines is 1. The fraction of sp³-hybridized carbons (Fsp3) is 0. The van der Waals surface area contributed by atoms with E-state index in [2.05, 4.69) is 4.98 Å². The van der Waals surface area contributed by atoms with Gasteiger partial charge in [-0.3, -0.25) is 0 Å². The van der Waals surface area contributed by atoms with Crippen molar-refractivity contribution >= 4 is 17.3 Å². The van der Waals surface area contributed by atoms with E-state index < -0.39 is 0 Å². The van der Waals surface area contributed by atoms with Crippen LogP contribution in [0.1, 0.15) is 0 Å². The van der Waals surface area contributed by atoms with E-state index in [1.54, 1.807) is 6.20 Å². The molecule has 1 aromatic carbocycles. The van der Waals surface area contributed by atoms with Crippen LogP contribution in [0.5, 0.6) is 0 Å². The molecule has 0 fully saturated rings. The third-order valence-corrected chi connectivity index (χ3v) is 2.12. The van der Waals surface area contributed by atoms with E-state index in [4.69, 9.17) is 17.3 Å². The topological polar surface area (TPSA) is 41.8 Å². The first-order valence-corrected chi connectivity index (χ1v) is 4.34. The molecule has 2 aromatic rings. The van der Waals surface area contributed by atoms with Crippen molar-refractivity contribution in [3.63, 3.8) is 0 Å². The quantitative estimate of drug-likeness (QED) is 0.671. The molecule has 0 radical (unpaired) electrons. The van der Waals surface area contributed by atoms with Crippen molar-refractivity contribution in [3.8, 4) is 11.3 Å². The third-order valence-electron chi connectivity index (χ3n) is 1.90. The molecule has 66 valence electrons. The van der Waals surface area contributed by atoms with Crippen LogP contribution < -0.4 is 5.73 Å². The second kappa shape index (κ2) is 3.15. The van der Waals surface area contributed by atoms with Gasteiger partial charge in [0.15, 0.2) is 0 Å². The summed E-state index contributed by atoms with van der Waals surface area (Å²) in [6.45, 7) is 0. The molecule has 1 aromatic heterocycles. The zero-order valence-electron chi connectivity index (χ0n) is 6.92. The fourth-order valence-corrected chi connectivity index (χ4v) is 1.43. The van der Waals surface area contributed by atoms with Crippen LogP contribution in [-0.4, -0.2) is 4.98 Å². The highest BCUT2D eigenvalue weighted by atomic mass is 35.5. The standard InChI is InChI=1S/C10H9ClN2/c11-7-5-10(13-6-7)8-3-1-2-4-9(8)12/h1-6,13H,12H2. The number of hydrogen-bond acceptors (Lipinski definition) is 1. The van der Waals surface area contributed by atoms with E-state index in [-0.39, 0.29) is 0 Å². The van der Waals surface area contributed by atoms with E-state index in [1.165, 1.54) is 0 Å². The van der Waals surface area contributed by atoms with Crippen LogP contribution >= 0.6 is 11.6 Å². The zero-order valence-corrected chi connectivity index (χ0v) is 7.68. The van der Waals surface area contributed by atoms with Crippen LogP contribution in [0, 0.1) is 0 Å². The number of rotatable bonds is 1.